The van der Waals surface area contributed by atoms with Gasteiger partial charge in [-0.1, -0.05) is 6.07 Å². The van der Waals surface area contributed by atoms with Crippen LogP contribution in [0.4, 0.5) is 36.7 Å². The minimum absolute atomic E-state index is 0.0322. The first kappa shape index (κ1) is 27.6. The van der Waals surface area contributed by atoms with E-state index < -0.39 is 32.6 Å². The molecule has 1 radical (unpaired) electrons. The van der Waals surface area contributed by atoms with Gasteiger partial charge < -0.3 is 19.9 Å². The summed E-state index contributed by atoms with van der Waals surface area (Å²) in [7, 11) is 0.00529. The molecule has 197 valence electrons. The monoisotopic (exact) mass is 533 g/mol. The van der Waals surface area contributed by atoms with E-state index in [9.17, 15) is 22.0 Å². The van der Waals surface area contributed by atoms with Crippen LogP contribution in [0.15, 0.2) is 47.5 Å². The number of rotatable bonds is 9. The molecule has 0 aliphatic heterocycles. The van der Waals surface area contributed by atoms with E-state index in [1.54, 1.807) is 12.1 Å². The van der Waals surface area contributed by atoms with E-state index in [0.29, 0.717) is 30.8 Å². The summed E-state index contributed by atoms with van der Waals surface area (Å²) in [6, 6.07) is 9.99. The van der Waals surface area contributed by atoms with Gasteiger partial charge in [-0.2, -0.15) is 4.98 Å². The number of aromatic nitrogens is 2. The highest BCUT2D eigenvalue weighted by Gasteiger charge is 2.26. The van der Waals surface area contributed by atoms with Gasteiger partial charge in [0.1, 0.15) is 11.4 Å². The molecule has 1 aromatic heterocycles. The lowest BCUT2D eigenvalue weighted by Crippen LogP contribution is -2.29. The first-order chi connectivity index (χ1) is 17.5. The summed E-state index contributed by atoms with van der Waals surface area (Å²) in [6.45, 7) is 5.04. The Morgan fingerprint density at radius 2 is 1.78 bits per heavy atom. The molecule has 0 fully saturated rings. The average Bonchev–Trinajstić information content (AvgIpc) is 2.86. The number of amides is 1. The maximum atomic E-state index is 13.8. The quantitative estimate of drug-likeness (QED) is 0.439. The Kier molecular flexibility index (Phi) is 8.48. The molecule has 1 amide bonds. The zero-order valence-electron chi connectivity index (χ0n) is 21.0. The Balaban J connectivity index is 2.05. The Bertz CT molecular complexity index is 1380. The Morgan fingerprint density at radius 3 is 2.41 bits per heavy atom. The topological polar surface area (TPSA) is 108 Å². The van der Waals surface area contributed by atoms with Crippen LogP contribution >= 0.6 is 0 Å². The molecule has 0 bridgehead atoms. The van der Waals surface area contributed by atoms with E-state index in [1.165, 1.54) is 38.3 Å². The predicted molar refractivity (Wildman–Crippen MR) is 136 cm³/mol. The van der Waals surface area contributed by atoms with Gasteiger partial charge in [-0.25, -0.2) is 27.0 Å². The van der Waals surface area contributed by atoms with Crippen LogP contribution in [0.2, 0.25) is 0 Å². The maximum absolute atomic E-state index is 13.8. The number of ether oxygens (including phenoxy) is 1. The van der Waals surface area contributed by atoms with Gasteiger partial charge in [-0.15, -0.1) is 0 Å². The molecule has 37 heavy (non-hydrogen) atoms. The molecule has 0 spiro atoms. The summed E-state index contributed by atoms with van der Waals surface area (Å²) < 4.78 is 59.8. The normalized spacial score (nSPS) is 11.1. The minimum atomic E-state index is -4.32. The number of hydrogen-bond acceptors (Lipinski definition) is 8. The number of hydrogen-bond donors (Lipinski definition) is 1. The Hall–Kier alpha value is -4.00. The molecule has 0 aliphatic rings. The van der Waals surface area contributed by atoms with Crippen molar-refractivity contribution in [2.45, 2.75) is 18.7 Å². The molecular weight excluding hydrogens is 506 g/mol. The number of benzene rings is 2. The summed E-state index contributed by atoms with van der Waals surface area (Å²) >= 11 is 0. The van der Waals surface area contributed by atoms with Crippen molar-refractivity contribution in [2.24, 2.45) is 0 Å². The second-order valence-corrected chi connectivity index (χ2v) is 9.91. The highest BCUT2D eigenvalue weighted by Crippen LogP contribution is 2.32. The van der Waals surface area contributed by atoms with Gasteiger partial charge in [0.25, 0.3) is 10.0 Å². The van der Waals surface area contributed by atoms with E-state index in [-0.39, 0.29) is 17.3 Å². The molecule has 13 heteroatoms. The molecule has 3 aromatic rings. The predicted octanol–water partition coefficient (Wildman–Crippen LogP) is 4.03. The molecule has 1 heterocycles. The van der Waals surface area contributed by atoms with Crippen molar-refractivity contribution in [3.8, 4) is 5.75 Å². The van der Waals surface area contributed by atoms with Gasteiger partial charge >= 0.3 is 6.09 Å². The van der Waals surface area contributed by atoms with Crippen molar-refractivity contribution in [3.63, 3.8) is 0 Å². The van der Waals surface area contributed by atoms with Gasteiger partial charge in [-0.05, 0) is 44.2 Å². The third kappa shape index (κ3) is 6.23. The van der Waals surface area contributed by atoms with E-state index in [0.717, 1.165) is 16.4 Å². The smallest absolute Gasteiger partial charge is 0.409 e. The zero-order chi connectivity index (χ0) is 27.3. The van der Waals surface area contributed by atoms with Gasteiger partial charge in [0.15, 0.2) is 17.5 Å². The molecule has 1 N–H and O–H groups in total. The summed E-state index contributed by atoms with van der Waals surface area (Å²) in [5.41, 5.74) is 0.359. The molecule has 3 rings (SSSR count). The number of halogens is 2. The van der Waals surface area contributed by atoms with Crippen molar-refractivity contribution in [2.75, 3.05) is 48.8 Å². The summed E-state index contributed by atoms with van der Waals surface area (Å²) in [6.07, 6.45) is 0.716. The van der Waals surface area contributed by atoms with Crippen molar-refractivity contribution in [3.05, 3.63) is 60.3 Å². The van der Waals surface area contributed by atoms with Crippen molar-refractivity contribution in [1.82, 2.24) is 14.9 Å². The van der Waals surface area contributed by atoms with E-state index in [4.69, 9.17) is 4.74 Å². The molecule has 0 saturated heterocycles. The van der Waals surface area contributed by atoms with Crippen molar-refractivity contribution >= 4 is 39.3 Å². The van der Waals surface area contributed by atoms with Crippen molar-refractivity contribution in [1.29, 1.82) is 0 Å². The molecule has 2 aromatic carbocycles. The fourth-order valence-corrected chi connectivity index (χ4v) is 4.37. The van der Waals surface area contributed by atoms with Gasteiger partial charge in [-0.3, -0.25) is 4.31 Å². The number of carbonyl (C=O) groups is 1. The van der Waals surface area contributed by atoms with Crippen LogP contribution in [0.3, 0.4) is 0 Å². The fourth-order valence-electron chi connectivity index (χ4n) is 3.17. The first-order valence-electron chi connectivity index (χ1n) is 11.2. The average molecular weight is 534 g/mol. The van der Waals surface area contributed by atoms with E-state index >= 15 is 0 Å². The van der Waals surface area contributed by atoms with Crippen LogP contribution in [0, 0.1) is 17.7 Å². The lowest BCUT2D eigenvalue weighted by atomic mass is 10.3. The molecule has 0 aliphatic carbocycles. The number of sulfonamides is 1. The van der Waals surface area contributed by atoms with Crippen LogP contribution in [0.25, 0.3) is 0 Å². The lowest BCUT2D eigenvalue weighted by molar-refractivity contribution is 0.172. The molecule has 0 atom stereocenters. The largest absolute Gasteiger partial charge is 0.414 e. The van der Waals surface area contributed by atoms with Crippen LogP contribution < -0.4 is 19.3 Å². The van der Waals surface area contributed by atoms with Crippen LogP contribution in [-0.4, -0.2) is 63.6 Å². The number of carbonyl (C=O) groups excluding carboxylic acids is 1. The highest BCUT2D eigenvalue weighted by atomic mass is 32.2. The number of nitrogens with one attached hydrogen (secondary N) is 1. The highest BCUT2D eigenvalue weighted by molar-refractivity contribution is 7.92. The Labute approximate surface area is 214 Å². The van der Waals surface area contributed by atoms with E-state index in [2.05, 4.69) is 21.4 Å². The lowest BCUT2D eigenvalue weighted by Gasteiger charge is -2.24. The third-order valence-corrected chi connectivity index (χ3v) is 7.04. The third-order valence-electron chi connectivity index (χ3n) is 5.28. The van der Waals surface area contributed by atoms with Gasteiger partial charge in [0.05, 0.1) is 22.8 Å². The van der Waals surface area contributed by atoms with Crippen LogP contribution in [-0.2, 0) is 10.0 Å². The zero-order valence-corrected chi connectivity index (χ0v) is 21.8. The first-order valence-corrected chi connectivity index (χ1v) is 12.7. The van der Waals surface area contributed by atoms with E-state index in [1.807, 2.05) is 18.7 Å². The molecule has 10 nitrogen and oxygen atoms in total. The second kappa shape index (κ2) is 11.4. The minimum Gasteiger partial charge on any atom is -0.409 e. The summed E-state index contributed by atoms with van der Waals surface area (Å²) in [5, 5.41) is 3.01. The summed E-state index contributed by atoms with van der Waals surface area (Å²) in [4.78, 5) is 23.4. The maximum Gasteiger partial charge on any atom is 0.414 e. The van der Waals surface area contributed by atoms with Gasteiger partial charge in [0, 0.05) is 34.2 Å². The molecule has 0 unspecified atom stereocenters. The summed E-state index contributed by atoms with van der Waals surface area (Å²) in [5.74, 6) is -1.89. The number of anilines is 4. The molecular formula is C24H27F2N6O4S. The standard InChI is InChI=1S/C24H27F2N6O4S/c1-6-32(7-2)23-27-15-21(31(5)37(34,35)18-11-12-19(25)20(26)14-18)22(29-23)28-16-9-8-10-17(13-16)36-24(33)30(3)4/h8-12,14-15H,6-7H2,1-5H3,(H,27,28,29). The molecule has 0 saturated carbocycles. The van der Waals surface area contributed by atoms with Crippen molar-refractivity contribution < 1.29 is 26.7 Å². The van der Waals surface area contributed by atoms with Crippen LogP contribution in [0.5, 0.6) is 5.75 Å². The second-order valence-electron chi connectivity index (χ2n) is 7.94. The Morgan fingerprint density at radius 1 is 1.08 bits per heavy atom. The SMILES string of the molecule is CCN(CC)c1ncc(N(C)S(=O)(=O)c2ccc(F)c(F)c2)c(Nc2[c]c(OC(=O)N(C)C)ccc2)n1. The fraction of sp³-hybridized carbons (Fsp3) is 0.292. The number of nitrogens with zero attached hydrogens (tertiary/aromatic N) is 5. The van der Waals surface area contributed by atoms with Crippen LogP contribution in [0.1, 0.15) is 13.8 Å². The van der Waals surface area contributed by atoms with Gasteiger partial charge in [0.2, 0.25) is 5.95 Å².